The van der Waals surface area contributed by atoms with Crippen LogP contribution in [-0.2, 0) is 9.59 Å². The molecule has 12 heavy (non-hydrogen) atoms. The van der Waals surface area contributed by atoms with Gasteiger partial charge in [0.05, 0.1) is 0 Å². The average molecular weight is 169 g/mol. The van der Waals surface area contributed by atoms with Crippen LogP contribution in [0.4, 0.5) is 0 Å². The van der Waals surface area contributed by atoms with E-state index < -0.39 is 0 Å². The van der Waals surface area contributed by atoms with Crippen LogP contribution in [0.25, 0.3) is 0 Å². The first kappa shape index (κ1) is 9.23. The minimum Gasteiger partial charge on any atom is -0.355 e. The average Bonchev–Trinajstić information content (AvgIpc) is 2.02. The van der Waals surface area contributed by atoms with E-state index in [4.69, 9.17) is 0 Å². The maximum Gasteiger partial charge on any atom is 0.222 e. The molecule has 68 valence electrons. The van der Waals surface area contributed by atoms with Crippen molar-refractivity contribution in [1.82, 2.24) is 5.32 Å². The molecule has 0 aliphatic carbocycles. The molecule has 1 aliphatic rings. The van der Waals surface area contributed by atoms with Gasteiger partial charge in [-0.25, -0.2) is 0 Å². The largest absolute Gasteiger partial charge is 0.355 e. The van der Waals surface area contributed by atoms with Crippen molar-refractivity contribution in [2.45, 2.75) is 26.7 Å². The van der Waals surface area contributed by atoms with Gasteiger partial charge in [0.15, 0.2) is 0 Å². The Labute approximate surface area is 72.5 Å². The van der Waals surface area contributed by atoms with Gasteiger partial charge in [-0.1, -0.05) is 13.8 Å². The zero-order chi connectivity index (χ0) is 9.14. The Bertz CT molecular complexity index is 181. The highest BCUT2D eigenvalue weighted by Gasteiger charge is 2.23. The van der Waals surface area contributed by atoms with Crippen LogP contribution in [0, 0.1) is 11.8 Å². The summed E-state index contributed by atoms with van der Waals surface area (Å²) in [5.41, 5.74) is 0. The molecule has 0 spiro atoms. The fourth-order valence-corrected chi connectivity index (χ4v) is 1.50. The van der Waals surface area contributed by atoms with Crippen LogP contribution in [0.3, 0.4) is 0 Å². The SMILES string of the molecule is CC1CC(C)C(=O)NCCC1=O. The van der Waals surface area contributed by atoms with Gasteiger partial charge in [-0.3, -0.25) is 9.59 Å². The zero-order valence-corrected chi connectivity index (χ0v) is 7.59. The number of nitrogens with one attached hydrogen (secondary N) is 1. The highest BCUT2D eigenvalue weighted by atomic mass is 16.2. The summed E-state index contributed by atoms with van der Waals surface area (Å²) in [4.78, 5) is 22.5. The molecular formula is C9H15NO2. The summed E-state index contributed by atoms with van der Waals surface area (Å²) in [5.74, 6) is 0.367. The molecule has 2 atom stereocenters. The number of amides is 1. The van der Waals surface area contributed by atoms with Gasteiger partial charge in [-0.2, -0.15) is 0 Å². The van der Waals surface area contributed by atoms with Crippen molar-refractivity contribution in [3.8, 4) is 0 Å². The summed E-state index contributed by atoms with van der Waals surface area (Å²) in [7, 11) is 0. The molecule has 2 unspecified atom stereocenters. The molecule has 1 aliphatic heterocycles. The smallest absolute Gasteiger partial charge is 0.222 e. The summed E-state index contributed by atoms with van der Waals surface area (Å²) < 4.78 is 0. The van der Waals surface area contributed by atoms with Crippen molar-refractivity contribution in [2.75, 3.05) is 6.54 Å². The molecule has 1 amide bonds. The minimum absolute atomic E-state index is 0.0238. The third-order valence-electron chi connectivity index (χ3n) is 2.37. The van der Waals surface area contributed by atoms with Crippen LogP contribution in [0.5, 0.6) is 0 Å². The minimum atomic E-state index is -0.0238. The lowest BCUT2D eigenvalue weighted by atomic mass is 9.90. The van der Waals surface area contributed by atoms with E-state index in [0.717, 1.165) is 0 Å². The van der Waals surface area contributed by atoms with Crippen LogP contribution < -0.4 is 5.32 Å². The molecule has 1 heterocycles. The number of carbonyl (C=O) groups is 2. The molecule has 1 saturated heterocycles. The third kappa shape index (κ3) is 2.06. The van der Waals surface area contributed by atoms with Crippen molar-refractivity contribution in [3.63, 3.8) is 0 Å². The zero-order valence-electron chi connectivity index (χ0n) is 7.59. The third-order valence-corrected chi connectivity index (χ3v) is 2.37. The molecule has 3 nitrogen and oxygen atoms in total. The lowest BCUT2D eigenvalue weighted by Gasteiger charge is -2.19. The first-order valence-corrected chi connectivity index (χ1v) is 4.41. The summed E-state index contributed by atoms with van der Waals surface area (Å²) >= 11 is 0. The number of Topliss-reactive ketones (excluding diaryl/α,β-unsaturated/α-hetero) is 1. The van der Waals surface area contributed by atoms with Crippen molar-refractivity contribution < 1.29 is 9.59 Å². The quantitative estimate of drug-likeness (QED) is 0.581. The van der Waals surface area contributed by atoms with Crippen molar-refractivity contribution in [3.05, 3.63) is 0 Å². The highest BCUT2D eigenvalue weighted by molar-refractivity contribution is 5.85. The molecular weight excluding hydrogens is 154 g/mol. The van der Waals surface area contributed by atoms with Crippen molar-refractivity contribution in [1.29, 1.82) is 0 Å². The van der Waals surface area contributed by atoms with E-state index in [0.29, 0.717) is 19.4 Å². The second kappa shape index (κ2) is 3.70. The predicted molar refractivity (Wildman–Crippen MR) is 45.6 cm³/mol. The second-order valence-corrected chi connectivity index (χ2v) is 3.55. The summed E-state index contributed by atoms with van der Waals surface area (Å²) in [5, 5.41) is 2.73. The van der Waals surface area contributed by atoms with Gasteiger partial charge in [-0.05, 0) is 6.42 Å². The van der Waals surface area contributed by atoms with E-state index in [1.807, 2.05) is 13.8 Å². The highest BCUT2D eigenvalue weighted by Crippen LogP contribution is 2.16. The van der Waals surface area contributed by atoms with Crippen LogP contribution in [-0.4, -0.2) is 18.2 Å². The normalized spacial score (nSPS) is 32.2. The predicted octanol–water partition coefficient (Wildman–Crippen LogP) is 0.738. The van der Waals surface area contributed by atoms with Gasteiger partial charge in [0.2, 0.25) is 5.91 Å². The summed E-state index contributed by atoms with van der Waals surface area (Å²) in [6.45, 7) is 4.27. The Balaban J connectivity index is 2.60. The summed E-state index contributed by atoms with van der Waals surface area (Å²) in [6, 6.07) is 0. The van der Waals surface area contributed by atoms with Crippen molar-refractivity contribution in [2.24, 2.45) is 11.8 Å². The standard InChI is InChI=1S/C9H15NO2/c1-6-5-7(2)9(12)10-4-3-8(6)11/h6-7H,3-5H2,1-2H3,(H,10,12). The first-order chi connectivity index (χ1) is 5.61. The summed E-state index contributed by atoms with van der Waals surface area (Å²) in [6.07, 6.45) is 1.17. The number of hydrogen-bond donors (Lipinski definition) is 1. The molecule has 3 heteroatoms. The maximum absolute atomic E-state index is 11.3. The van der Waals surface area contributed by atoms with E-state index in [-0.39, 0.29) is 23.5 Å². The number of ketones is 1. The lowest BCUT2D eigenvalue weighted by molar-refractivity contribution is -0.128. The van der Waals surface area contributed by atoms with E-state index in [1.165, 1.54) is 0 Å². The number of hydrogen-bond acceptors (Lipinski definition) is 2. The van der Waals surface area contributed by atoms with Gasteiger partial charge in [0.25, 0.3) is 0 Å². The Morgan fingerprint density at radius 2 is 1.92 bits per heavy atom. The monoisotopic (exact) mass is 169 g/mol. The molecule has 1 rings (SSSR count). The van der Waals surface area contributed by atoms with Crippen molar-refractivity contribution >= 4 is 11.7 Å². The topological polar surface area (TPSA) is 46.2 Å². The van der Waals surface area contributed by atoms with Crippen LogP contribution >= 0.6 is 0 Å². The van der Waals surface area contributed by atoms with E-state index in [2.05, 4.69) is 5.32 Å². The van der Waals surface area contributed by atoms with Gasteiger partial charge in [0, 0.05) is 24.8 Å². The Kier molecular flexibility index (Phi) is 2.84. The van der Waals surface area contributed by atoms with Crippen LogP contribution in [0.2, 0.25) is 0 Å². The molecule has 0 bridgehead atoms. The Hall–Kier alpha value is -0.860. The van der Waals surface area contributed by atoms with Gasteiger partial charge in [0.1, 0.15) is 5.78 Å². The molecule has 1 N–H and O–H groups in total. The second-order valence-electron chi connectivity index (χ2n) is 3.55. The van der Waals surface area contributed by atoms with Crippen LogP contribution in [0.1, 0.15) is 26.7 Å². The first-order valence-electron chi connectivity index (χ1n) is 4.41. The fourth-order valence-electron chi connectivity index (χ4n) is 1.50. The van der Waals surface area contributed by atoms with E-state index in [1.54, 1.807) is 0 Å². The molecule has 0 aromatic carbocycles. The molecule has 0 radical (unpaired) electrons. The van der Waals surface area contributed by atoms with Gasteiger partial charge < -0.3 is 5.32 Å². The van der Waals surface area contributed by atoms with Gasteiger partial charge >= 0.3 is 0 Å². The molecule has 0 aromatic rings. The fraction of sp³-hybridized carbons (Fsp3) is 0.778. The molecule has 0 aromatic heterocycles. The van der Waals surface area contributed by atoms with Crippen LogP contribution in [0.15, 0.2) is 0 Å². The lowest BCUT2D eigenvalue weighted by Crippen LogP contribution is -2.36. The van der Waals surface area contributed by atoms with Gasteiger partial charge in [-0.15, -0.1) is 0 Å². The molecule has 0 saturated carbocycles. The Morgan fingerprint density at radius 3 is 2.58 bits per heavy atom. The molecule has 1 fully saturated rings. The number of rotatable bonds is 0. The van der Waals surface area contributed by atoms with E-state index in [9.17, 15) is 9.59 Å². The Morgan fingerprint density at radius 1 is 1.25 bits per heavy atom. The van der Waals surface area contributed by atoms with E-state index >= 15 is 0 Å². The number of carbonyl (C=O) groups excluding carboxylic acids is 2. The maximum atomic E-state index is 11.3.